The predicted octanol–water partition coefficient (Wildman–Crippen LogP) is 2.92. The molecule has 0 bridgehead atoms. The number of thioether (sulfide) groups is 1. The highest BCUT2D eigenvalue weighted by Gasteiger charge is 2.26. The first-order valence-electron chi connectivity index (χ1n) is 6.04. The number of hydrogen-bond acceptors (Lipinski definition) is 2. The smallest absolute Gasteiger partial charge is 0.235 e. The van der Waals surface area contributed by atoms with E-state index in [4.69, 9.17) is 0 Å². The lowest BCUT2D eigenvalue weighted by molar-refractivity contribution is -0.133. The van der Waals surface area contributed by atoms with E-state index in [-0.39, 0.29) is 5.25 Å². The molecule has 1 aliphatic carbocycles. The van der Waals surface area contributed by atoms with Gasteiger partial charge in [-0.1, -0.05) is 19.3 Å². The second-order valence-corrected chi connectivity index (χ2v) is 5.47. The second-order valence-electron chi connectivity index (χ2n) is 4.29. The summed E-state index contributed by atoms with van der Waals surface area (Å²) in [5.41, 5.74) is 0. The van der Waals surface area contributed by atoms with Crippen LogP contribution in [0.5, 0.6) is 0 Å². The Morgan fingerprint density at radius 1 is 1.40 bits per heavy atom. The fourth-order valence-corrected chi connectivity index (χ4v) is 2.66. The zero-order valence-corrected chi connectivity index (χ0v) is 11.0. The number of carbonyl (C=O) groups is 1. The van der Waals surface area contributed by atoms with Crippen LogP contribution in [0, 0.1) is 0 Å². The van der Waals surface area contributed by atoms with E-state index in [1.165, 1.54) is 32.1 Å². The van der Waals surface area contributed by atoms with Crippen LogP contribution in [-0.2, 0) is 4.79 Å². The van der Waals surface area contributed by atoms with Gasteiger partial charge in [-0.3, -0.25) is 4.79 Å². The summed E-state index contributed by atoms with van der Waals surface area (Å²) in [6.45, 7) is 4.98. The summed E-state index contributed by atoms with van der Waals surface area (Å²) in [5, 5.41) is 0.117. The van der Waals surface area contributed by atoms with E-state index >= 15 is 0 Å². The molecule has 1 rings (SSSR count). The van der Waals surface area contributed by atoms with Crippen molar-refractivity contribution < 1.29 is 4.79 Å². The van der Waals surface area contributed by atoms with Crippen LogP contribution in [0.3, 0.4) is 0 Å². The van der Waals surface area contributed by atoms with Gasteiger partial charge in [-0.25, -0.2) is 0 Å². The third kappa shape index (κ3) is 3.40. The Labute approximate surface area is 97.8 Å². The van der Waals surface area contributed by atoms with E-state index in [0.29, 0.717) is 11.9 Å². The summed E-state index contributed by atoms with van der Waals surface area (Å²) in [7, 11) is 0. The van der Waals surface area contributed by atoms with E-state index in [2.05, 4.69) is 11.8 Å². The van der Waals surface area contributed by atoms with Crippen LogP contribution < -0.4 is 0 Å². The Kier molecular flexibility index (Phi) is 5.51. The van der Waals surface area contributed by atoms with Gasteiger partial charge in [-0.05, 0) is 32.9 Å². The Bertz CT molecular complexity index is 202. The Morgan fingerprint density at radius 3 is 2.47 bits per heavy atom. The van der Waals surface area contributed by atoms with Crippen LogP contribution in [0.15, 0.2) is 0 Å². The molecule has 15 heavy (non-hydrogen) atoms. The zero-order valence-electron chi connectivity index (χ0n) is 10.2. The van der Waals surface area contributed by atoms with E-state index in [9.17, 15) is 4.79 Å². The molecule has 2 nitrogen and oxygen atoms in total. The summed E-state index contributed by atoms with van der Waals surface area (Å²) in [5.74, 6) is 0.330. The highest BCUT2D eigenvalue weighted by molar-refractivity contribution is 7.99. The van der Waals surface area contributed by atoms with Crippen LogP contribution in [0.25, 0.3) is 0 Å². The molecule has 3 heteroatoms. The van der Waals surface area contributed by atoms with Gasteiger partial charge in [-0.15, -0.1) is 0 Å². The van der Waals surface area contributed by atoms with E-state index in [0.717, 1.165) is 6.54 Å². The fraction of sp³-hybridized carbons (Fsp3) is 0.917. The molecule has 1 unspecified atom stereocenters. The maximum Gasteiger partial charge on any atom is 0.235 e. The van der Waals surface area contributed by atoms with Crippen molar-refractivity contribution in [2.45, 2.75) is 57.2 Å². The summed E-state index contributed by atoms with van der Waals surface area (Å²) in [6, 6.07) is 0.519. The standard InChI is InChI=1S/C12H23NOS/c1-4-13(12(14)10(2)15-3)11-8-6-5-7-9-11/h10-11H,4-9H2,1-3H3. The molecule has 0 N–H and O–H groups in total. The monoisotopic (exact) mass is 229 g/mol. The molecule has 88 valence electrons. The normalized spacial score (nSPS) is 19.9. The molecule has 0 heterocycles. The maximum atomic E-state index is 12.1. The Hall–Kier alpha value is -0.180. The lowest BCUT2D eigenvalue weighted by Crippen LogP contribution is -2.44. The van der Waals surface area contributed by atoms with Gasteiger partial charge >= 0.3 is 0 Å². The molecule has 1 atom stereocenters. The SMILES string of the molecule is CCN(C(=O)C(C)SC)C1CCCCC1. The summed E-state index contributed by atoms with van der Waals surface area (Å²) < 4.78 is 0. The van der Waals surface area contributed by atoms with Crippen molar-refractivity contribution in [3.8, 4) is 0 Å². The number of nitrogens with zero attached hydrogens (tertiary/aromatic N) is 1. The van der Waals surface area contributed by atoms with Gasteiger partial charge in [-0.2, -0.15) is 11.8 Å². The Morgan fingerprint density at radius 2 is 2.00 bits per heavy atom. The van der Waals surface area contributed by atoms with Crippen molar-refractivity contribution in [2.24, 2.45) is 0 Å². The van der Waals surface area contributed by atoms with Crippen molar-refractivity contribution >= 4 is 17.7 Å². The first-order valence-corrected chi connectivity index (χ1v) is 7.32. The summed E-state index contributed by atoms with van der Waals surface area (Å²) >= 11 is 1.65. The Balaban J connectivity index is 2.56. The quantitative estimate of drug-likeness (QED) is 0.739. The van der Waals surface area contributed by atoms with Crippen molar-refractivity contribution in [2.75, 3.05) is 12.8 Å². The summed E-state index contributed by atoms with van der Waals surface area (Å²) in [4.78, 5) is 14.2. The van der Waals surface area contributed by atoms with E-state index in [1.54, 1.807) is 11.8 Å². The zero-order chi connectivity index (χ0) is 11.3. The fourth-order valence-electron chi connectivity index (χ4n) is 2.32. The minimum atomic E-state index is 0.117. The first kappa shape index (κ1) is 12.9. The maximum absolute atomic E-state index is 12.1. The second kappa shape index (κ2) is 6.41. The first-order chi connectivity index (χ1) is 7.20. The van der Waals surface area contributed by atoms with Crippen LogP contribution >= 0.6 is 11.8 Å². The van der Waals surface area contributed by atoms with Gasteiger partial charge in [0, 0.05) is 12.6 Å². The number of carbonyl (C=O) groups excluding carboxylic acids is 1. The lowest BCUT2D eigenvalue weighted by Gasteiger charge is -2.35. The van der Waals surface area contributed by atoms with Gasteiger partial charge in [0.2, 0.25) is 5.91 Å². The summed E-state index contributed by atoms with van der Waals surface area (Å²) in [6.07, 6.45) is 8.36. The van der Waals surface area contributed by atoms with Crippen LogP contribution in [0.4, 0.5) is 0 Å². The average molecular weight is 229 g/mol. The van der Waals surface area contributed by atoms with Crippen molar-refractivity contribution in [3.63, 3.8) is 0 Å². The highest BCUT2D eigenvalue weighted by atomic mass is 32.2. The molecule has 1 aliphatic rings. The molecule has 0 aromatic rings. The molecule has 1 saturated carbocycles. The van der Waals surface area contributed by atoms with Crippen LogP contribution in [0.1, 0.15) is 46.0 Å². The van der Waals surface area contributed by atoms with Gasteiger partial charge in [0.15, 0.2) is 0 Å². The average Bonchev–Trinajstić information content (AvgIpc) is 2.30. The third-order valence-electron chi connectivity index (χ3n) is 3.34. The molecular weight excluding hydrogens is 206 g/mol. The van der Waals surface area contributed by atoms with E-state index in [1.807, 2.05) is 13.2 Å². The largest absolute Gasteiger partial charge is 0.339 e. The van der Waals surface area contributed by atoms with Gasteiger partial charge in [0.1, 0.15) is 0 Å². The number of hydrogen-bond donors (Lipinski definition) is 0. The lowest BCUT2D eigenvalue weighted by atomic mass is 9.94. The van der Waals surface area contributed by atoms with Crippen LogP contribution in [-0.4, -0.2) is 34.9 Å². The van der Waals surface area contributed by atoms with Gasteiger partial charge in [0.25, 0.3) is 0 Å². The predicted molar refractivity (Wildman–Crippen MR) is 67.2 cm³/mol. The molecule has 0 radical (unpaired) electrons. The highest BCUT2D eigenvalue weighted by Crippen LogP contribution is 2.24. The van der Waals surface area contributed by atoms with Crippen molar-refractivity contribution in [3.05, 3.63) is 0 Å². The minimum absolute atomic E-state index is 0.117. The van der Waals surface area contributed by atoms with Crippen molar-refractivity contribution in [1.82, 2.24) is 4.90 Å². The molecule has 0 saturated heterocycles. The molecule has 0 aromatic carbocycles. The third-order valence-corrected chi connectivity index (χ3v) is 4.25. The number of amides is 1. The van der Waals surface area contributed by atoms with Crippen molar-refractivity contribution in [1.29, 1.82) is 0 Å². The van der Waals surface area contributed by atoms with Gasteiger partial charge in [0.05, 0.1) is 5.25 Å². The van der Waals surface area contributed by atoms with Crippen LogP contribution in [0.2, 0.25) is 0 Å². The number of rotatable bonds is 4. The minimum Gasteiger partial charge on any atom is -0.339 e. The molecular formula is C12H23NOS. The topological polar surface area (TPSA) is 20.3 Å². The molecule has 1 fully saturated rings. The van der Waals surface area contributed by atoms with E-state index < -0.39 is 0 Å². The molecule has 0 spiro atoms. The molecule has 0 aliphatic heterocycles. The molecule has 0 aromatic heterocycles. The molecule has 1 amide bonds. The van der Waals surface area contributed by atoms with Gasteiger partial charge < -0.3 is 4.90 Å².